The van der Waals surface area contributed by atoms with E-state index in [0.29, 0.717) is 59.2 Å². The van der Waals surface area contributed by atoms with E-state index in [2.05, 4.69) is 118 Å². The van der Waals surface area contributed by atoms with Gasteiger partial charge in [-0.15, -0.1) is 0 Å². The zero-order valence-corrected chi connectivity index (χ0v) is 27.9. The van der Waals surface area contributed by atoms with Crippen molar-refractivity contribution in [2.45, 2.75) is 141 Å². The van der Waals surface area contributed by atoms with Crippen molar-refractivity contribution in [3.63, 3.8) is 0 Å². The molecule has 0 N–H and O–H groups in total. The summed E-state index contributed by atoms with van der Waals surface area (Å²) in [6, 6.07) is 1.99. The van der Waals surface area contributed by atoms with Crippen LogP contribution in [0.1, 0.15) is 123 Å². The van der Waals surface area contributed by atoms with Gasteiger partial charge in [-0.2, -0.15) is 0 Å². The lowest BCUT2D eigenvalue weighted by molar-refractivity contribution is 0.178. The average Bonchev–Trinajstić information content (AvgIpc) is 3.44. The molecular weight excluding hydrogens is 449 g/mol. The minimum Gasteiger partial charge on any atom is -0.310 e. The van der Waals surface area contributed by atoms with Gasteiger partial charge in [0.2, 0.25) is 0 Å². The third-order valence-electron chi connectivity index (χ3n) is 11.0. The molecule has 6 atom stereocenters. The third kappa shape index (κ3) is 6.82. The highest BCUT2D eigenvalue weighted by atomic mass is 15.4. The SMILES string of the molecule is CC(C)C1CC(C(C)(C)C)CN1B(N1CC(C(C)(C)C)CC1C(C)C)N1CC(C(C)(C)C)CC1C(C)C. The predicted octanol–water partition coefficient (Wildman–Crippen LogP) is 8.15. The predicted molar refractivity (Wildman–Crippen MR) is 164 cm³/mol. The maximum absolute atomic E-state index is 3.04. The average molecular weight is 516 g/mol. The minimum absolute atomic E-state index is 0.360. The first-order valence-corrected chi connectivity index (χ1v) is 16.0. The maximum Gasteiger partial charge on any atom is 0.404 e. The quantitative estimate of drug-likeness (QED) is 0.331. The van der Waals surface area contributed by atoms with E-state index in [4.69, 9.17) is 0 Å². The van der Waals surface area contributed by atoms with E-state index in [1.165, 1.54) is 38.9 Å². The van der Waals surface area contributed by atoms with E-state index in [1.54, 1.807) is 0 Å². The summed E-state index contributed by atoms with van der Waals surface area (Å²) in [6.07, 6.45) is 4.05. The van der Waals surface area contributed by atoms with Gasteiger partial charge >= 0.3 is 7.12 Å². The summed E-state index contributed by atoms with van der Waals surface area (Å²) in [5, 5.41) is 0. The lowest BCUT2D eigenvalue weighted by Crippen LogP contribution is -2.68. The molecule has 0 spiro atoms. The summed E-state index contributed by atoms with van der Waals surface area (Å²) < 4.78 is 0. The highest BCUT2D eigenvalue weighted by Gasteiger charge is 2.56. The topological polar surface area (TPSA) is 9.72 Å². The molecule has 0 aromatic heterocycles. The van der Waals surface area contributed by atoms with Crippen molar-refractivity contribution in [2.75, 3.05) is 19.6 Å². The Bertz CT molecular complexity index is 640. The fraction of sp³-hybridized carbons (Fsp3) is 1.00. The van der Waals surface area contributed by atoms with Crippen molar-refractivity contribution in [3.05, 3.63) is 0 Å². The first kappa shape index (κ1) is 31.5. The van der Waals surface area contributed by atoms with Gasteiger partial charge < -0.3 is 14.4 Å². The second kappa shape index (κ2) is 11.1. The van der Waals surface area contributed by atoms with Crippen molar-refractivity contribution >= 4 is 7.12 Å². The van der Waals surface area contributed by atoms with Crippen molar-refractivity contribution in [1.82, 2.24) is 14.4 Å². The summed E-state index contributed by atoms with van der Waals surface area (Å²) in [6.45, 7) is 41.0. The van der Waals surface area contributed by atoms with Crippen molar-refractivity contribution in [1.29, 1.82) is 0 Å². The van der Waals surface area contributed by atoms with Gasteiger partial charge in [-0.1, -0.05) is 104 Å². The molecule has 0 aromatic rings. The number of hydrogen-bond donors (Lipinski definition) is 0. The van der Waals surface area contributed by atoms with Gasteiger partial charge in [-0.3, -0.25) is 0 Å². The minimum atomic E-state index is 0.360. The summed E-state index contributed by atoms with van der Waals surface area (Å²) in [7, 11) is 0.430. The zero-order chi connectivity index (χ0) is 28.2. The molecule has 4 heteroatoms. The summed E-state index contributed by atoms with van der Waals surface area (Å²) in [5.41, 5.74) is 1.08. The Morgan fingerprint density at radius 2 is 0.676 bits per heavy atom. The fourth-order valence-corrected chi connectivity index (χ4v) is 7.89. The van der Waals surface area contributed by atoms with Crippen LogP contribution in [-0.2, 0) is 0 Å². The molecule has 3 aliphatic heterocycles. The summed E-state index contributed by atoms with van der Waals surface area (Å²) in [4.78, 5) is 9.13. The molecule has 3 nitrogen and oxygen atoms in total. The molecule has 3 aliphatic rings. The van der Waals surface area contributed by atoms with Gasteiger partial charge in [0.25, 0.3) is 0 Å². The number of nitrogens with zero attached hydrogens (tertiary/aromatic N) is 3. The molecule has 216 valence electrons. The zero-order valence-electron chi connectivity index (χ0n) is 27.9. The van der Waals surface area contributed by atoms with Crippen LogP contribution in [0.3, 0.4) is 0 Å². The first-order valence-electron chi connectivity index (χ1n) is 16.0. The molecule has 0 aliphatic carbocycles. The van der Waals surface area contributed by atoms with E-state index in [0.717, 1.165) is 17.8 Å². The van der Waals surface area contributed by atoms with Crippen LogP contribution in [0.5, 0.6) is 0 Å². The standard InChI is InChI=1S/C33H66BN3/c1-22(2)28-16-25(31(7,8)9)19-35(28)34(36-20-26(32(10,11)12)17-29(36)23(3)4)37-21-27(33(13,14)15)18-30(37)24(5)6/h22-30H,16-21H2,1-15H3. The Hall–Kier alpha value is -0.0551. The van der Waals surface area contributed by atoms with Gasteiger partial charge in [0.15, 0.2) is 0 Å². The van der Waals surface area contributed by atoms with Gasteiger partial charge in [-0.05, 0) is 90.6 Å². The second-order valence-electron chi connectivity index (χ2n) is 17.8. The van der Waals surface area contributed by atoms with Crippen LogP contribution < -0.4 is 0 Å². The molecule has 3 rings (SSSR count). The summed E-state index contributed by atoms with van der Waals surface area (Å²) in [5.74, 6) is 4.35. The Morgan fingerprint density at radius 1 is 0.459 bits per heavy atom. The van der Waals surface area contributed by atoms with Gasteiger partial charge in [-0.25, -0.2) is 0 Å². The van der Waals surface area contributed by atoms with Crippen LogP contribution in [-0.4, -0.2) is 59.3 Å². The van der Waals surface area contributed by atoms with Crippen molar-refractivity contribution < 1.29 is 0 Å². The van der Waals surface area contributed by atoms with Crippen molar-refractivity contribution in [2.24, 2.45) is 51.8 Å². The molecule has 0 radical (unpaired) electrons. The molecule has 0 saturated carbocycles. The normalized spacial score (nSPS) is 33.6. The smallest absolute Gasteiger partial charge is 0.310 e. The lowest BCUT2D eigenvalue weighted by atomic mass is 9.76. The van der Waals surface area contributed by atoms with Crippen LogP contribution in [0.2, 0.25) is 0 Å². The van der Waals surface area contributed by atoms with E-state index < -0.39 is 0 Å². The molecule has 3 fully saturated rings. The van der Waals surface area contributed by atoms with Gasteiger partial charge in [0.1, 0.15) is 0 Å². The number of rotatable bonds is 6. The third-order valence-corrected chi connectivity index (χ3v) is 11.0. The highest BCUT2D eigenvalue weighted by Crippen LogP contribution is 2.47. The fourth-order valence-electron chi connectivity index (χ4n) is 7.89. The van der Waals surface area contributed by atoms with E-state index in [1.807, 2.05) is 0 Å². The van der Waals surface area contributed by atoms with E-state index in [-0.39, 0.29) is 0 Å². The molecule has 6 unspecified atom stereocenters. The molecule has 3 heterocycles. The van der Waals surface area contributed by atoms with Crippen LogP contribution in [0.15, 0.2) is 0 Å². The van der Waals surface area contributed by atoms with E-state index in [9.17, 15) is 0 Å². The Kier molecular flexibility index (Phi) is 9.42. The molecule has 37 heavy (non-hydrogen) atoms. The van der Waals surface area contributed by atoms with Crippen LogP contribution in [0.25, 0.3) is 0 Å². The monoisotopic (exact) mass is 516 g/mol. The largest absolute Gasteiger partial charge is 0.404 e. The van der Waals surface area contributed by atoms with E-state index >= 15 is 0 Å². The lowest BCUT2D eigenvalue weighted by Gasteiger charge is -2.47. The summed E-state index contributed by atoms with van der Waals surface area (Å²) >= 11 is 0. The van der Waals surface area contributed by atoms with Gasteiger partial charge in [0.05, 0.1) is 0 Å². The molecule has 3 saturated heterocycles. The van der Waals surface area contributed by atoms with Gasteiger partial charge in [0, 0.05) is 18.1 Å². The second-order valence-corrected chi connectivity index (χ2v) is 17.8. The van der Waals surface area contributed by atoms with Crippen molar-refractivity contribution in [3.8, 4) is 0 Å². The Balaban J connectivity index is 2.12. The molecule has 0 amide bonds. The Morgan fingerprint density at radius 3 is 0.838 bits per heavy atom. The first-order chi connectivity index (χ1) is 16.7. The molecular formula is C33H66BN3. The molecule has 0 bridgehead atoms. The Labute approximate surface area is 234 Å². The molecule has 0 aromatic carbocycles. The number of hydrogen-bond acceptors (Lipinski definition) is 3. The van der Waals surface area contributed by atoms with Crippen LogP contribution >= 0.6 is 0 Å². The maximum atomic E-state index is 3.04. The van der Waals surface area contributed by atoms with Crippen LogP contribution in [0.4, 0.5) is 0 Å². The van der Waals surface area contributed by atoms with Crippen LogP contribution in [0, 0.1) is 51.8 Å². The highest BCUT2D eigenvalue weighted by molar-refractivity contribution is 6.50.